The van der Waals surface area contributed by atoms with Gasteiger partial charge in [-0.05, 0) is 30.0 Å². The van der Waals surface area contributed by atoms with E-state index in [0.29, 0.717) is 11.6 Å². The Labute approximate surface area is 101 Å². The highest BCUT2D eigenvalue weighted by molar-refractivity contribution is 5.95. The lowest BCUT2D eigenvalue weighted by atomic mass is 9.97. The summed E-state index contributed by atoms with van der Waals surface area (Å²) in [4.78, 5) is 15.6. The minimum atomic E-state index is -0.478. The monoisotopic (exact) mass is 228 g/mol. The molecule has 2 rings (SSSR count). The van der Waals surface area contributed by atoms with Crippen molar-refractivity contribution in [2.75, 3.05) is 0 Å². The molecular formula is C14H16N2O. The summed E-state index contributed by atoms with van der Waals surface area (Å²) in [5.41, 5.74) is 8.70. The van der Waals surface area contributed by atoms with Crippen LogP contribution >= 0.6 is 0 Å². The molecule has 0 unspecified atom stereocenters. The Bertz CT molecular complexity index is 588. The molecule has 88 valence electrons. The third-order valence-electron chi connectivity index (χ3n) is 2.95. The van der Waals surface area contributed by atoms with E-state index in [1.165, 1.54) is 0 Å². The van der Waals surface area contributed by atoms with E-state index in [1.54, 1.807) is 6.07 Å². The summed E-state index contributed by atoms with van der Waals surface area (Å²) in [7, 11) is 0. The Morgan fingerprint density at radius 2 is 2.06 bits per heavy atom. The van der Waals surface area contributed by atoms with E-state index < -0.39 is 5.91 Å². The number of nitrogens with two attached hydrogens (primary N) is 1. The molecule has 0 saturated carbocycles. The van der Waals surface area contributed by atoms with Crippen LogP contribution in [0.2, 0.25) is 0 Å². The van der Waals surface area contributed by atoms with Gasteiger partial charge in [0.05, 0.1) is 5.52 Å². The van der Waals surface area contributed by atoms with Crippen molar-refractivity contribution in [1.82, 2.24) is 4.98 Å². The Morgan fingerprint density at radius 1 is 1.35 bits per heavy atom. The van der Waals surface area contributed by atoms with Gasteiger partial charge in [0.1, 0.15) is 5.69 Å². The van der Waals surface area contributed by atoms with Crippen LogP contribution in [0.15, 0.2) is 24.3 Å². The number of aryl methyl sites for hydroxylation is 1. The molecule has 0 spiro atoms. The summed E-state index contributed by atoms with van der Waals surface area (Å²) in [5.74, 6) is -0.109. The number of pyridine rings is 1. The number of rotatable bonds is 2. The lowest BCUT2D eigenvalue weighted by Crippen LogP contribution is -2.13. The predicted molar refractivity (Wildman–Crippen MR) is 69.1 cm³/mol. The van der Waals surface area contributed by atoms with Gasteiger partial charge in [-0.3, -0.25) is 4.79 Å². The van der Waals surface area contributed by atoms with Crippen molar-refractivity contribution in [3.63, 3.8) is 0 Å². The second-order valence-electron chi connectivity index (χ2n) is 4.59. The lowest BCUT2D eigenvalue weighted by Gasteiger charge is -2.11. The Balaban J connectivity index is 2.83. The zero-order chi connectivity index (χ0) is 12.6. The number of hydrogen-bond acceptors (Lipinski definition) is 2. The number of fused-ring (bicyclic) bond motifs is 1. The second kappa shape index (κ2) is 4.17. The van der Waals surface area contributed by atoms with Crippen molar-refractivity contribution in [2.24, 2.45) is 5.73 Å². The van der Waals surface area contributed by atoms with Crippen molar-refractivity contribution in [1.29, 1.82) is 0 Å². The van der Waals surface area contributed by atoms with E-state index in [9.17, 15) is 4.79 Å². The fraction of sp³-hybridized carbons (Fsp3) is 0.286. The molecular weight excluding hydrogens is 212 g/mol. The number of carbonyl (C=O) groups excluding carboxylic acids is 1. The molecule has 0 aliphatic heterocycles. The zero-order valence-corrected chi connectivity index (χ0v) is 10.3. The van der Waals surface area contributed by atoms with Crippen LogP contribution in [0.4, 0.5) is 0 Å². The number of aromatic nitrogens is 1. The molecule has 0 saturated heterocycles. The normalized spacial score (nSPS) is 11.1. The highest BCUT2D eigenvalue weighted by Gasteiger charge is 2.11. The molecule has 3 nitrogen and oxygen atoms in total. The zero-order valence-electron chi connectivity index (χ0n) is 10.3. The molecule has 0 aliphatic rings. The van der Waals surface area contributed by atoms with Gasteiger partial charge < -0.3 is 5.73 Å². The predicted octanol–water partition coefficient (Wildman–Crippen LogP) is 2.77. The molecule has 17 heavy (non-hydrogen) atoms. The maximum absolute atomic E-state index is 11.2. The molecule has 2 N–H and O–H groups in total. The number of amides is 1. The van der Waals surface area contributed by atoms with Gasteiger partial charge in [-0.1, -0.05) is 32.0 Å². The minimum absolute atomic E-state index is 0.336. The van der Waals surface area contributed by atoms with Gasteiger partial charge in [0.15, 0.2) is 0 Å². The molecule has 1 amide bonds. The van der Waals surface area contributed by atoms with Crippen LogP contribution in [-0.4, -0.2) is 10.9 Å². The van der Waals surface area contributed by atoms with Gasteiger partial charge in [0, 0.05) is 5.39 Å². The number of primary amides is 1. The third kappa shape index (κ3) is 2.00. The van der Waals surface area contributed by atoms with Crippen LogP contribution in [0.1, 0.15) is 41.4 Å². The average Bonchev–Trinajstić information content (AvgIpc) is 2.27. The number of carbonyl (C=O) groups is 1. The van der Waals surface area contributed by atoms with Crippen molar-refractivity contribution in [3.8, 4) is 0 Å². The standard InChI is InChI=1S/C14H16N2O/c1-8(2)10-5-4-6-11-9(3)7-12(14(15)17)16-13(10)11/h4-8H,1-3H3,(H2,15,17). The number of para-hydroxylation sites is 1. The van der Waals surface area contributed by atoms with Gasteiger partial charge in [-0.15, -0.1) is 0 Å². The number of benzene rings is 1. The lowest BCUT2D eigenvalue weighted by molar-refractivity contribution is 0.0996. The van der Waals surface area contributed by atoms with Gasteiger partial charge in [-0.25, -0.2) is 4.98 Å². The van der Waals surface area contributed by atoms with Crippen LogP contribution in [0.25, 0.3) is 10.9 Å². The van der Waals surface area contributed by atoms with Crippen LogP contribution in [-0.2, 0) is 0 Å². The number of hydrogen-bond donors (Lipinski definition) is 1. The fourth-order valence-corrected chi connectivity index (χ4v) is 2.03. The molecule has 1 aromatic carbocycles. The van der Waals surface area contributed by atoms with E-state index in [-0.39, 0.29) is 0 Å². The van der Waals surface area contributed by atoms with Gasteiger partial charge >= 0.3 is 0 Å². The van der Waals surface area contributed by atoms with Crippen LogP contribution < -0.4 is 5.73 Å². The Morgan fingerprint density at radius 3 is 2.65 bits per heavy atom. The first-order chi connectivity index (χ1) is 8.00. The van der Waals surface area contributed by atoms with Crippen LogP contribution in [0.5, 0.6) is 0 Å². The first kappa shape index (κ1) is 11.6. The molecule has 0 radical (unpaired) electrons. The smallest absolute Gasteiger partial charge is 0.267 e. The highest BCUT2D eigenvalue weighted by atomic mass is 16.1. The van der Waals surface area contributed by atoms with E-state index in [1.807, 2.05) is 25.1 Å². The molecule has 1 aromatic heterocycles. The first-order valence-electron chi connectivity index (χ1n) is 5.70. The van der Waals surface area contributed by atoms with E-state index in [2.05, 4.69) is 18.8 Å². The van der Waals surface area contributed by atoms with Crippen LogP contribution in [0, 0.1) is 6.92 Å². The quantitative estimate of drug-likeness (QED) is 0.859. The summed E-state index contributed by atoms with van der Waals surface area (Å²) in [5, 5.41) is 1.08. The van der Waals surface area contributed by atoms with Gasteiger partial charge in [-0.2, -0.15) is 0 Å². The Kier molecular flexibility index (Phi) is 2.84. The summed E-state index contributed by atoms with van der Waals surface area (Å²) in [6.07, 6.45) is 0. The Hall–Kier alpha value is -1.90. The second-order valence-corrected chi connectivity index (χ2v) is 4.59. The number of nitrogens with zero attached hydrogens (tertiary/aromatic N) is 1. The maximum Gasteiger partial charge on any atom is 0.267 e. The molecule has 2 aromatic rings. The van der Waals surface area contributed by atoms with Crippen molar-refractivity contribution < 1.29 is 4.79 Å². The highest BCUT2D eigenvalue weighted by Crippen LogP contribution is 2.26. The average molecular weight is 228 g/mol. The summed E-state index contributed by atoms with van der Waals surface area (Å²) in [6.45, 7) is 6.20. The summed E-state index contributed by atoms with van der Waals surface area (Å²) < 4.78 is 0. The summed E-state index contributed by atoms with van der Waals surface area (Å²) in [6, 6.07) is 7.84. The third-order valence-corrected chi connectivity index (χ3v) is 2.95. The van der Waals surface area contributed by atoms with Crippen molar-refractivity contribution in [3.05, 3.63) is 41.1 Å². The molecule has 0 aliphatic carbocycles. The maximum atomic E-state index is 11.2. The molecule has 0 bridgehead atoms. The fourth-order valence-electron chi connectivity index (χ4n) is 2.03. The van der Waals surface area contributed by atoms with E-state index >= 15 is 0 Å². The minimum Gasteiger partial charge on any atom is -0.364 e. The largest absolute Gasteiger partial charge is 0.364 e. The van der Waals surface area contributed by atoms with Gasteiger partial charge in [0.25, 0.3) is 5.91 Å². The first-order valence-corrected chi connectivity index (χ1v) is 5.70. The van der Waals surface area contributed by atoms with Crippen molar-refractivity contribution >= 4 is 16.8 Å². The molecule has 3 heteroatoms. The van der Waals surface area contributed by atoms with Crippen molar-refractivity contribution in [2.45, 2.75) is 26.7 Å². The topological polar surface area (TPSA) is 56.0 Å². The van der Waals surface area contributed by atoms with Crippen LogP contribution in [0.3, 0.4) is 0 Å². The summed E-state index contributed by atoms with van der Waals surface area (Å²) >= 11 is 0. The molecule has 0 fully saturated rings. The van der Waals surface area contributed by atoms with Gasteiger partial charge in [0.2, 0.25) is 0 Å². The molecule has 1 heterocycles. The SMILES string of the molecule is Cc1cc(C(N)=O)nc2c(C(C)C)cccc12. The van der Waals surface area contributed by atoms with E-state index in [0.717, 1.165) is 22.0 Å². The molecule has 0 atom stereocenters. The van der Waals surface area contributed by atoms with E-state index in [4.69, 9.17) is 5.73 Å².